The summed E-state index contributed by atoms with van der Waals surface area (Å²) in [5.41, 5.74) is 0.499. The Morgan fingerprint density at radius 1 is 1.35 bits per heavy atom. The first-order chi connectivity index (χ1) is 7.36. The van der Waals surface area contributed by atoms with Crippen molar-refractivity contribution in [2.45, 2.75) is 4.90 Å². The van der Waals surface area contributed by atoms with Gasteiger partial charge in [-0.1, -0.05) is 0 Å². The molecule has 1 aromatic rings. The van der Waals surface area contributed by atoms with Crippen LogP contribution in [0.5, 0.6) is 0 Å². The second kappa shape index (κ2) is 6.44. The zero-order valence-electron chi connectivity index (χ0n) is 8.86. The molecule has 0 spiro atoms. The van der Waals surface area contributed by atoms with Gasteiger partial charge in [0.05, 0.1) is 17.7 Å². The zero-order valence-corrected chi connectivity index (χ0v) is 12.8. The number of halogens is 1. The number of primary sulfonamides is 1. The van der Waals surface area contributed by atoms with Crippen LogP contribution in [0.2, 0.25) is 0 Å². The van der Waals surface area contributed by atoms with Crippen molar-refractivity contribution in [2.24, 2.45) is 11.0 Å². The Morgan fingerprint density at radius 2 is 1.82 bits per heavy atom. The number of anilines is 1. The molecular weight excluding hydrogens is 377 g/mol. The van der Waals surface area contributed by atoms with Gasteiger partial charge in [0.2, 0.25) is 10.0 Å². The van der Waals surface area contributed by atoms with Crippen molar-refractivity contribution in [1.29, 1.82) is 0 Å². The number of methoxy groups -OCH3 is 1. The van der Waals surface area contributed by atoms with Crippen LogP contribution in [0.4, 0.5) is 5.69 Å². The van der Waals surface area contributed by atoms with Crippen LogP contribution < -0.4 is 16.0 Å². The molecule has 0 aliphatic rings. The Hall–Kier alpha value is -0.490. The van der Waals surface area contributed by atoms with Crippen LogP contribution in [0.3, 0.4) is 0 Å². The lowest BCUT2D eigenvalue weighted by Gasteiger charge is -2.17. The largest absolute Gasteiger partial charge is 0.473 e. The molecular formula is C8H12IN3O3S2. The summed E-state index contributed by atoms with van der Waals surface area (Å²) >= 11 is 4.80. The molecule has 0 atom stereocenters. The fraction of sp³-hybridized carbons (Fsp3) is 0.125. The van der Waals surface area contributed by atoms with Gasteiger partial charge in [-0.2, -0.15) is 0 Å². The van der Waals surface area contributed by atoms with Gasteiger partial charge in [-0.3, -0.25) is 0 Å². The maximum Gasteiger partial charge on any atom is 0.278 e. The summed E-state index contributed by atoms with van der Waals surface area (Å²) in [5, 5.41) is 6.13. The minimum absolute atomic E-state index is 0. The van der Waals surface area contributed by atoms with E-state index in [1.165, 1.54) is 31.4 Å². The standard InChI is InChI=1S/C8H11N3O3S2.HI/c1-14-8(15)11(9)6-2-4-7(5-3-6)16(10,12)13;/h2-5H,9H2,1H3,(H2,10,12,13);1H. The Bertz CT molecular complexity index is 489. The lowest BCUT2D eigenvalue weighted by Crippen LogP contribution is -2.37. The first-order valence-electron chi connectivity index (χ1n) is 4.12. The summed E-state index contributed by atoms with van der Waals surface area (Å²) in [6.45, 7) is 0. The van der Waals surface area contributed by atoms with Crippen LogP contribution in [0.25, 0.3) is 0 Å². The van der Waals surface area contributed by atoms with Gasteiger partial charge in [-0.05, 0) is 36.5 Å². The van der Waals surface area contributed by atoms with E-state index in [0.29, 0.717) is 5.69 Å². The monoisotopic (exact) mass is 389 g/mol. The number of hydrogen-bond acceptors (Lipinski definition) is 5. The molecule has 0 radical (unpaired) electrons. The fourth-order valence-corrected chi connectivity index (χ4v) is 1.62. The molecule has 0 fully saturated rings. The van der Waals surface area contributed by atoms with E-state index in [2.05, 4.69) is 0 Å². The fourth-order valence-electron chi connectivity index (χ4n) is 1.00. The Morgan fingerprint density at radius 3 is 2.18 bits per heavy atom. The van der Waals surface area contributed by atoms with Crippen LogP contribution >= 0.6 is 36.2 Å². The maximum absolute atomic E-state index is 11.0. The van der Waals surface area contributed by atoms with Crippen LogP contribution in [-0.4, -0.2) is 20.7 Å². The highest BCUT2D eigenvalue weighted by Crippen LogP contribution is 2.15. The van der Waals surface area contributed by atoms with Gasteiger partial charge in [-0.25, -0.2) is 24.4 Å². The van der Waals surface area contributed by atoms with E-state index in [-0.39, 0.29) is 34.0 Å². The van der Waals surface area contributed by atoms with E-state index in [9.17, 15) is 8.42 Å². The highest BCUT2D eigenvalue weighted by Gasteiger charge is 2.10. The average molecular weight is 389 g/mol. The number of nitrogens with two attached hydrogens (primary N) is 2. The van der Waals surface area contributed by atoms with E-state index in [4.69, 9.17) is 27.9 Å². The van der Waals surface area contributed by atoms with Gasteiger partial charge in [0.15, 0.2) is 0 Å². The summed E-state index contributed by atoms with van der Waals surface area (Å²) in [5.74, 6) is 5.59. The van der Waals surface area contributed by atoms with Crippen molar-refractivity contribution in [1.82, 2.24) is 0 Å². The molecule has 0 saturated carbocycles. The molecule has 6 nitrogen and oxygen atoms in total. The molecule has 1 aromatic carbocycles. The van der Waals surface area contributed by atoms with E-state index in [0.717, 1.165) is 5.01 Å². The van der Waals surface area contributed by atoms with Crippen molar-refractivity contribution < 1.29 is 13.2 Å². The molecule has 17 heavy (non-hydrogen) atoms. The third-order valence-electron chi connectivity index (χ3n) is 1.81. The van der Waals surface area contributed by atoms with Crippen LogP contribution in [0.15, 0.2) is 29.2 Å². The number of nitrogens with zero attached hydrogens (tertiary/aromatic N) is 1. The molecule has 0 unspecified atom stereocenters. The Balaban J connectivity index is 0.00000256. The predicted octanol–water partition coefficient (Wildman–Crippen LogP) is 0.563. The van der Waals surface area contributed by atoms with Crippen molar-refractivity contribution in [3.63, 3.8) is 0 Å². The van der Waals surface area contributed by atoms with Gasteiger partial charge < -0.3 is 4.74 Å². The smallest absolute Gasteiger partial charge is 0.278 e. The average Bonchev–Trinajstić information content (AvgIpc) is 2.26. The second-order valence-corrected chi connectivity index (χ2v) is 4.79. The van der Waals surface area contributed by atoms with Gasteiger partial charge in [-0.15, -0.1) is 24.0 Å². The number of sulfonamides is 1. The number of rotatable bonds is 2. The zero-order chi connectivity index (χ0) is 12.3. The lowest BCUT2D eigenvalue weighted by atomic mass is 10.3. The highest BCUT2D eigenvalue weighted by molar-refractivity contribution is 14.0. The molecule has 0 aromatic heterocycles. The maximum atomic E-state index is 11.0. The van der Waals surface area contributed by atoms with Crippen LogP contribution in [-0.2, 0) is 14.8 Å². The number of ether oxygens (including phenoxy) is 1. The molecule has 0 amide bonds. The Kier molecular flexibility index (Phi) is 6.26. The number of hydrazine groups is 1. The summed E-state index contributed by atoms with van der Waals surface area (Å²) < 4.78 is 26.7. The molecule has 96 valence electrons. The second-order valence-electron chi connectivity index (χ2n) is 2.88. The van der Waals surface area contributed by atoms with Crippen LogP contribution in [0.1, 0.15) is 0 Å². The topological polar surface area (TPSA) is 98.7 Å². The molecule has 9 heteroatoms. The summed E-state index contributed by atoms with van der Waals surface area (Å²) in [7, 11) is -2.30. The number of benzene rings is 1. The first-order valence-corrected chi connectivity index (χ1v) is 6.07. The summed E-state index contributed by atoms with van der Waals surface area (Å²) in [6, 6.07) is 5.63. The SMILES string of the molecule is COC(=S)N(N)c1ccc(S(N)(=O)=O)cc1.I. The van der Waals surface area contributed by atoms with Crippen molar-refractivity contribution in [3.05, 3.63) is 24.3 Å². The molecule has 0 bridgehead atoms. The summed E-state index contributed by atoms with van der Waals surface area (Å²) in [6.07, 6.45) is 0. The third kappa shape index (κ3) is 4.35. The normalized spacial score (nSPS) is 10.3. The van der Waals surface area contributed by atoms with Gasteiger partial charge in [0.1, 0.15) is 0 Å². The van der Waals surface area contributed by atoms with Gasteiger partial charge in [0, 0.05) is 0 Å². The van der Waals surface area contributed by atoms with Crippen molar-refractivity contribution in [3.8, 4) is 0 Å². The molecule has 0 aliphatic carbocycles. The molecule has 0 saturated heterocycles. The minimum atomic E-state index is -3.69. The summed E-state index contributed by atoms with van der Waals surface area (Å²) in [4.78, 5) is 0.00739. The molecule has 1 rings (SSSR count). The first kappa shape index (κ1) is 16.5. The Labute approximate surface area is 122 Å². The minimum Gasteiger partial charge on any atom is -0.473 e. The molecule has 0 heterocycles. The van der Waals surface area contributed by atoms with Crippen molar-refractivity contribution in [2.75, 3.05) is 12.1 Å². The highest BCUT2D eigenvalue weighted by atomic mass is 127. The van der Waals surface area contributed by atoms with E-state index in [1.54, 1.807) is 0 Å². The van der Waals surface area contributed by atoms with Gasteiger partial charge >= 0.3 is 0 Å². The van der Waals surface area contributed by atoms with Crippen molar-refractivity contribution >= 4 is 57.1 Å². The van der Waals surface area contributed by atoms with Gasteiger partial charge in [0.25, 0.3) is 5.17 Å². The number of thiocarbonyl (C=S) groups is 1. The van der Waals surface area contributed by atoms with E-state index >= 15 is 0 Å². The predicted molar refractivity (Wildman–Crippen MR) is 79.5 cm³/mol. The van der Waals surface area contributed by atoms with E-state index < -0.39 is 10.0 Å². The van der Waals surface area contributed by atoms with Crippen LogP contribution in [0, 0.1) is 0 Å². The number of hydrogen-bond donors (Lipinski definition) is 2. The quantitative estimate of drug-likeness (QED) is 0.332. The molecule has 0 aliphatic heterocycles. The molecule has 4 N–H and O–H groups in total. The lowest BCUT2D eigenvalue weighted by molar-refractivity contribution is 0.403. The van der Waals surface area contributed by atoms with E-state index in [1.807, 2.05) is 0 Å². The third-order valence-corrected chi connectivity index (χ3v) is 3.11.